The van der Waals surface area contributed by atoms with Crippen molar-refractivity contribution in [1.29, 1.82) is 0 Å². The van der Waals surface area contributed by atoms with Gasteiger partial charge in [0.15, 0.2) is 0 Å². The lowest BCUT2D eigenvalue weighted by molar-refractivity contribution is -0.144. The Hall–Kier alpha value is -2.74. The summed E-state index contributed by atoms with van der Waals surface area (Å²) in [6, 6.07) is 7.73. The molecule has 0 saturated carbocycles. The van der Waals surface area contributed by atoms with Gasteiger partial charge in [-0.1, -0.05) is 30.0 Å². The number of ether oxygens (including phenoxy) is 2. The van der Waals surface area contributed by atoms with Crippen molar-refractivity contribution in [2.24, 2.45) is 0 Å². The second-order valence-corrected chi connectivity index (χ2v) is 6.82. The van der Waals surface area contributed by atoms with Crippen molar-refractivity contribution in [3.63, 3.8) is 0 Å². The average Bonchev–Trinajstić information content (AvgIpc) is 3.20. The smallest absolute Gasteiger partial charge is 0.333 e. The van der Waals surface area contributed by atoms with E-state index in [2.05, 4.69) is 4.98 Å². The van der Waals surface area contributed by atoms with Gasteiger partial charge in [0.05, 0.1) is 36.4 Å². The summed E-state index contributed by atoms with van der Waals surface area (Å²) in [6.07, 6.45) is 3.25. The van der Waals surface area contributed by atoms with Crippen molar-refractivity contribution in [2.75, 3.05) is 25.5 Å². The number of aromatic nitrogens is 1. The highest BCUT2D eigenvalue weighted by Gasteiger charge is 2.27. The molecule has 1 aliphatic heterocycles. The Balaban J connectivity index is 1.53. The Kier molecular flexibility index (Phi) is 6.18. The molecule has 1 aromatic heterocycles. The molecule has 7 nitrogen and oxygen atoms in total. The first-order valence-corrected chi connectivity index (χ1v) is 9.59. The van der Waals surface area contributed by atoms with Crippen LogP contribution in [0.5, 0.6) is 0 Å². The number of nitrogens with zero attached hydrogens (tertiary/aromatic N) is 1. The summed E-state index contributed by atoms with van der Waals surface area (Å²) in [5.74, 6) is -0.719. The number of esters is 2. The fraction of sp³-hybridized carbons (Fsp3) is 0.316. The molecule has 0 aliphatic carbocycles. The number of H-pyrrole nitrogens is 1. The molecule has 142 valence electrons. The molecule has 8 heteroatoms. The van der Waals surface area contributed by atoms with Gasteiger partial charge in [-0.3, -0.25) is 9.59 Å². The van der Waals surface area contributed by atoms with Crippen LogP contribution in [-0.4, -0.2) is 53.2 Å². The molecule has 27 heavy (non-hydrogen) atoms. The largest absolute Gasteiger partial charge is 0.464 e. The van der Waals surface area contributed by atoms with Gasteiger partial charge in [-0.05, 0) is 18.6 Å². The van der Waals surface area contributed by atoms with E-state index < -0.39 is 5.97 Å². The van der Waals surface area contributed by atoms with Crippen LogP contribution < -0.4 is 0 Å². The van der Waals surface area contributed by atoms with Crippen LogP contribution >= 0.6 is 11.8 Å². The van der Waals surface area contributed by atoms with Crippen molar-refractivity contribution in [2.45, 2.75) is 13.3 Å². The van der Waals surface area contributed by atoms with E-state index in [0.717, 1.165) is 16.5 Å². The van der Waals surface area contributed by atoms with Crippen LogP contribution in [0.25, 0.3) is 10.9 Å². The predicted octanol–water partition coefficient (Wildman–Crippen LogP) is 2.23. The Bertz CT molecular complexity index is 889. The monoisotopic (exact) mass is 388 g/mol. The summed E-state index contributed by atoms with van der Waals surface area (Å²) in [5.41, 5.74) is 1.83. The van der Waals surface area contributed by atoms with Crippen molar-refractivity contribution in [1.82, 2.24) is 9.88 Å². The van der Waals surface area contributed by atoms with Crippen molar-refractivity contribution >= 4 is 40.5 Å². The molecule has 1 aromatic carbocycles. The van der Waals surface area contributed by atoms with Gasteiger partial charge in [-0.15, -0.1) is 0 Å². The second-order valence-electron chi connectivity index (χ2n) is 5.83. The molecule has 1 N–H and O–H groups in total. The van der Waals surface area contributed by atoms with Gasteiger partial charge in [0.1, 0.15) is 6.61 Å². The molecule has 1 amide bonds. The normalized spacial score (nSPS) is 15.5. The molecule has 2 aromatic rings. The predicted molar refractivity (Wildman–Crippen MR) is 102 cm³/mol. The van der Waals surface area contributed by atoms with Crippen LogP contribution in [0.4, 0.5) is 0 Å². The van der Waals surface area contributed by atoms with Crippen molar-refractivity contribution in [3.8, 4) is 0 Å². The maximum absolute atomic E-state index is 12.1. The summed E-state index contributed by atoms with van der Waals surface area (Å²) >= 11 is 1.27. The number of thioether (sulfide) groups is 1. The fourth-order valence-electron chi connectivity index (χ4n) is 2.79. The van der Waals surface area contributed by atoms with Gasteiger partial charge in [-0.2, -0.15) is 0 Å². The average molecular weight is 388 g/mol. The van der Waals surface area contributed by atoms with E-state index in [1.807, 2.05) is 24.3 Å². The van der Waals surface area contributed by atoms with E-state index in [1.54, 1.807) is 13.1 Å². The van der Waals surface area contributed by atoms with E-state index in [9.17, 15) is 14.4 Å². The van der Waals surface area contributed by atoms with Gasteiger partial charge in [-0.25, -0.2) is 4.79 Å². The van der Waals surface area contributed by atoms with E-state index >= 15 is 0 Å². The van der Waals surface area contributed by atoms with E-state index in [0.29, 0.717) is 5.03 Å². The molecule has 1 fully saturated rings. The van der Waals surface area contributed by atoms with E-state index in [1.165, 1.54) is 22.7 Å². The van der Waals surface area contributed by atoms with E-state index in [4.69, 9.17) is 9.47 Å². The summed E-state index contributed by atoms with van der Waals surface area (Å²) in [4.78, 5) is 40.2. The second kappa shape index (κ2) is 8.77. The molecule has 0 radical (unpaired) electrons. The Labute approximate surface area is 160 Å². The van der Waals surface area contributed by atoms with Crippen LogP contribution in [0.1, 0.15) is 12.5 Å². The lowest BCUT2D eigenvalue weighted by Gasteiger charge is -2.16. The third kappa shape index (κ3) is 4.71. The lowest BCUT2D eigenvalue weighted by atomic mass is 10.1. The van der Waals surface area contributed by atoms with Gasteiger partial charge >= 0.3 is 11.9 Å². The summed E-state index contributed by atoms with van der Waals surface area (Å²) < 4.78 is 10.1. The SMILES string of the molecule is CCOC(=O)/C=C1\SCC(=O)N1CCOC(=O)Cc1c[nH]c2ccccc12. The highest BCUT2D eigenvalue weighted by Crippen LogP contribution is 2.28. The number of rotatable bonds is 7. The van der Waals surface area contributed by atoms with Crippen LogP contribution in [0.15, 0.2) is 41.6 Å². The summed E-state index contributed by atoms with van der Waals surface area (Å²) in [5, 5.41) is 1.51. The number of carbonyl (C=O) groups is 3. The minimum Gasteiger partial charge on any atom is -0.464 e. The van der Waals surface area contributed by atoms with Crippen LogP contribution in [0.3, 0.4) is 0 Å². The minimum absolute atomic E-state index is 0.0631. The van der Waals surface area contributed by atoms with Gasteiger partial charge in [0, 0.05) is 17.1 Å². The van der Waals surface area contributed by atoms with Crippen molar-refractivity contribution < 1.29 is 23.9 Å². The number of fused-ring (bicyclic) bond motifs is 1. The number of nitrogens with one attached hydrogen (secondary N) is 1. The van der Waals surface area contributed by atoms with Crippen LogP contribution in [0, 0.1) is 0 Å². The number of hydrogen-bond donors (Lipinski definition) is 1. The number of amides is 1. The van der Waals surface area contributed by atoms with E-state index in [-0.39, 0.29) is 43.8 Å². The lowest BCUT2D eigenvalue weighted by Crippen LogP contribution is -2.29. The molecule has 0 atom stereocenters. The van der Waals surface area contributed by atoms with Gasteiger partial charge < -0.3 is 19.4 Å². The molecular weight excluding hydrogens is 368 g/mol. The van der Waals surface area contributed by atoms with Gasteiger partial charge in [0.2, 0.25) is 5.91 Å². The zero-order valence-electron chi connectivity index (χ0n) is 14.9. The zero-order valence-corrected chi connectivity index (χ0v) is 15.7. The number of carbonyl (C=O) groups excluding carboxylic acids is 3. The maximum atomic E-state index is 12.1. The molecule has 2 heterocycles. The topological polar surface area (TPSA) is 88.7 Å². The van der Waals surface area contributed by atoms with Crippen molar-refractivity contribution in [3.05, 3.63) is 47.1 Å². The Morgan fingerprint density at radius 3 is 2.93 bits per heavy atom. The summed E-state index contributed by atoms with van der Waals surface area (Å²) in [6.45, 7) is 2.26. The molecule has 1 saturated heterocycles. The summed E-state index contributed by atoms with van der Waals surface area (Å²) in [7, 11) is 0. The molecule has 0 unspecified atom stereocenters. The third-order valence-corrected chi connectivity index (χ3v) is 5.05. The van der Waals surface area contributed by atoms with Crippen LogP contribution in [0.2, 0.25) is 0 Å². The molecular formula is C19H20N2O5S. The molecule has 0 bridgehead atoms. The first kappa shape index (κ1) is 19.0. The first-order chi connectivity index (χ1) is 13.1. The Morgan fingerprint density at radius 1 is 1.30 bits per heavy atom. The molecule has 0 spiro atoms. The standard InChI is InChI=1S/C19H20N2O5S/c1-2-25-19(24)10-17-21(16(22)12-27-17)7-8-26-18(23)9-13-11-20-15-6-4-3-5-14(13)15/h3-6,10-11,20H,2,7-9,12H2,1H3/b17-10-. The number of para-hydroxylation sites is 1. The quantitative estimate of drug-likeness (QED) is 0.578. The third-order valence-electron chi connectivity index (χ3n) is 4.03. The maximum Gasteiger partial charge on any atom is 0.333 e. The highest BCUT2D eigenvalue weighted by molar-refractivity contribution is 8.04. The number of aromatic amines is 1. The Morgan fingerprint density at radius 2 is 2.11 bits per heavy atom. The number of benzene rings is 1. The molecule has 1 aliphatic rings. The number of hydrogen-bond acceptors (Lipinski definition) is 6. The highest BCUT2D eigenvalue weighted by atomic mass is 32.2. The first-order valence-electron chi connectivity index (χ1n) is 8.60. The minimum atomic E-state index is -0.490. The zero-order chi connectivity index (χ0) is 19.2. The van der Waals surface area contributed by atoms with Crippen LogP contribution in [-0.2, 0) is 30.3 Å². The fourth-order valence-corrected chi connectivity index (χ4v) is 3.74. The molecule has 3 rings (SSSR count). The van der Waals surface area contributed by atoms with Gasteiger partial charge in [0.25, 0.3) is 0 Å².